The Labute approximate surface area is 184 Å². The number of carbonyl (C=O) groups excluding carboxylic acids is 1. The molecule has 0 aliphatic carbocycles. The minimum atomic E-state index is -5.74. The van der Waals surface area contributed by atoms with E-state index in [0.717, 1.165) is 11.0 Å². The topological polar surface area (TPSA) is 127 Å². The van der Waals surface area contributed by atoms with Crippen LogP contribution in [0.1, 0.15) is 35.3 Å². The molecule has 1 N–H and O–H groups in total. The van der Waals surface area contributed by atoms with E-state index in [2.05, 4.69) is 0 Å². The summed E-state index contributed by atoms with van der Waals surface area (Å²) in [5, 5.41) is 22.3. The molecule has 0 aromatic heterocycles. The van der Waals surface area contributed by atoms with Gasteiger partial charge in [0.2, 0.25) is 0 Å². The van der Waals surface area contributed by atoms with Crippen LogP contribution in [-0.4, -0.2) is 40.4 Å². The maximum Gasteiger partial charge on any atom is 0.501 e. The molecular formula is C20H15F3N2O7S. The van der Waals surface area contributed by atoms with Crippen LogP contribution in [0.4, 0.5) is 18.9 Å². The van der Waals surface area contributed by atoms with Gasteiger partial charge in [-0.2, -0.15) is 13.2 Å². The Morgan fingerprint density at radius 3 is 2.45 bits per heavy atom. The Morgan fingerprint density at radius 1 is 1.18 bits per heavy atom. The summed E-state index contributed by atoms with van der Waals surface area (Å²) in [6.07, 6.45) is 0. The molecule has 1 amide bonds. The average molecular weight is 484 g/mol. The molecule has 0 spiro atoms. The fraction of sp³-hybridized carbons (Fsp3) is 0.250. The van der Waals surface area contributed by atoms with Crippen LogP contribution < -0.4 is 4.74 Å². The van der Waals surface area contributed by atoms with Crippen LogP contribution >= 0.6 is 0 Å². The van der Waals surface area contributed by atoms with Crippen LogP contribution in [0.5, 0.6) is 5.75 Å². The number of carbonyl (C=O) groups is 1. The van der Waals surface area contributed by atoms with Gasteiger partial charge in [0.05, 0.1) is 33.2 Å². The second-order valence-electron chi connectivity index (χ2n) is 7.87. The SMILES string of the molecule is CC1(C)Oc2ccc(S(=O)(=O)C(F)(F)F)cc2C(N2Cc3c(cccc3[N+](=O)[O-])C2=O)=C1O. The first-order valence-electron chi connectivity index (χ1n) is 9.33. The smallest absolute Gasteiger partial charge is 0.501 e. The van der Waals surface area contributed by atoms with Crippen LogP contribution in [0.3, 0.4) is 0 Å². The lowest BCUT2D eigenvalue weighted by Gasteiger charge is -2.36. The average Bonchev–Trinajstić information content (AvgIpc) is 3.04. The van der Waals surface area contributed by atoms with E-state index in [-0.39, 0.29) is 40.4 Å². The number of benzene rings is 2. The molecule has 0 saturated heterocycles. The maximum absolute atomic E-state index is 13.1. The molecule has 2 heterocycles. The van der Waals surface area contributed by atoms with Crippen LogP contribution in [0.2, 0.25) is 0 Å². The highest BCUT2D eigenvalue weighted by Gasteiger charge is 2.48. The summed E-state index contributed by atoms with van der Waals surface area (Å²) in [6, 6.07) is 6.21. The highest BCUT2D eigenvalue weighted by atomic mass is 32.2. The molecular weight excluding hydrogens is 469 g/mol. The number of nitrogens with zero attached hydrogens (tertiary/aromatic N) is 2. The lowest BCUT2D eigenvalue weighted by atomic mass is 9.96. The van der Waals surface area contributed by atoms with E-state index in [1.807, 2.05) is 0 Å². The molecule has 0 unspecified atom stereocenters. The molecule has 2 aromatic rings. The number of hydrogen-bond acceptors (Lipinski definition) is 7. The molecule has 0 fully saturated rings. The monoisotopic (exact) mass is 484 g/mol. The van der Waals surface area contributed by atoms with E-state index >= 15 is 0 Å². The fourth-order valence-electron chi connectivity index (χ4n) is 3.76. The molecule has 2 aliphatic rings. The Hall–Kier alpha value is -3.61. The van der Waals surface area contributed by atoms with E-state index in [4.69, 9.17) is 4.74 Å². The summed E-state index contributed by atoms with van der Waals surface area (Å²) in [4.78, 5) is 23.6. The quantitative estimate of drug-likeness (QED) is 0.516. The van der Waals surface area contributed by atoms with E-state index in [1.54, 1.807) is 0 Å². The molecule has 33 heavy (non-hydrogen) atoms. The third-order valence-electron chi connectivity index (χ3n) is 5.39. The third-order valence-corrected chi connectivity index (χ3v) is 6.87. The van der Waals surface area contributed by atoms with Gasteiger partial charge in [0.1, 0.15) is 5.75 Å². The number of alkyl halides is 3. The third kappa shape index (κ3) is 3.30. The van der Waals surface area contributed by atoms with Gasteiger partial charge < -0.3 is 9.84 Å². The summed E-state index contributed by atoms with van der Waals surface area (Å²) in [6.45, 7) is 2.50. The zero-order valence-electron chi connectivity index (χ0n) is 17.0. The van der Waals surface area contributed by atoms with Crippen molar-refractivity contribution in [2.45, 2.75) is 36.4 Å². The minimum Gasteiger partial charge on any atom is -0.506 e. The highest BCUT2D eigenvalue weighted by molar-refractivity contribution is 7.92. The van der Waals surface area contributed by atoms with Gasteiger partial charge in [0.25, 0.3) is 21.4 Å². The standard InChI is InChI=1S/C20H15F3N2O7S/c1-19(2)17(26)16(24-9-13-11(18(24)27)4-3-5-14(13)25(28)29)12-8-10(6-7-15(12)32-19)33(30,31)20(21,22)23/h3-8,26H,9H2,1-2H3. The van der Waals surface area contributed by atoms with Gasteiger partial charge in [-0.3, -0.25) is 19.8 Å². The Kier molecular flexibility index (Phi) is 4.75. The molecule has 0 bridgehead atoms. The Balaban J connectivity index is 1.92. The maximum atomic E-state index is 13.1. The molecule has 4 rings (SSSR count). The lowest BCUT2D eigenvalue weighted by Crippen LogP contribution is -2.39. The molecule has 0 atom stereocenters. The number of aliphatic hydroxyl groups excluding tert-OH is 1. The van der Waals surface area contributed by atoms with Gasteiger partial charge in [-0.05, 0) is 38.1 Å². The summed E-state index contributed by atoms with van der Waals surface area (Å²) in [5.74, 6) is -1.38. The fourth-order valence-corrected chi connectivity index (χ4v) is 4.55. The van der Waals surface area contributed by atoms with Crippen LogP contribution in [-0.2, 0) is 16.4 Å². The van der Waals surface area contributed by atoms with Gasteiger partial charge in [-0.1, -0.05) is 6.07 Å². The van der Waals surface area contributed by atoms with Crippen molar-refractivity contribution in [2.24, 2.45) is 0 Å². The number of fused-ring (bicyclic) bond motifs is 2. The van der Waals surface area contributed by atoms with Crippen molar-refractivity contribution in [3.05, 3.63) is 69.0 Å². The van der Waals surface area contributed by atoms with Crippen LogP contribution in [0.25, 0.3) is 5.70 Å². The van der Waals surface area contributed by atoms with Gasteiger partial charge >= 0.3 is 5.51 Å². The summed E-state index contributed by atoms with van der Waals surface area (Å²) < 4.78 is 68.8. The van der Waals surface area contributed by atoms with E-state index < -0.39 is 42.4 Å². The predicted octanol–water partition coefficient (Wildman–Crippen LogP) is 3.94. The lowest BCUT2D eigenvalue weighted by molar-refractivity contribution is -0.385. The van der Waals surface area contributed by atoms with Gasteiger partial charge in [0.15, 0.2) is 11.4 Å². The van der Waals surface area contributed by atoms with Crippen molar-refractivity contribution >= 4 is 27.1 Å². The summed E-state index contributed by atoms with van der Waals surface area (Å²) >= 11 is 0. The van der Waals surface area contributed by atoms with Crippen molar-refractivity contribution in [3.8, 4) is 5.75 Å². The number of hydrogen-bond donors (Lipinski definition) is 1. The molecule has 0 saturated carbocycles. The molecule has 9 nitrogen and oxygen atoms in total. The Morgan fingerprint density at radius 2 is 1.85 bits per heavy atom. The number of sulfone groups is 1. The predicted molar refractivity (Wildman–Crippen MR) is 107 cm³/mol. The molecule has 13 heteroatoms. The number of halogens is 3. The van der Waals surface area contributed by atoms with Gasteiger partial charge in [-0.25, -0.2) is 8.42 Å². The van der Waals surface area contributed by atoms with Crippen LogP contribution in [0, 0.1) is 10.1 Å². The van der Waals surface area contributed by atoms with E-state index in [0.29, 0.717) is 12.1 Å². The van der Waals surface area contributed by atoms with E-state index in [9.17, 15) is 41.6 Å². The summed E-state index contributed by atoms with van der Waals surface area (Å²) in [7, 11) is -5.74. The number of nitro groups is 1. The van der Waals surface area contributed by atoms with Crippen molar-refractivity contribution in [2.75, 3.05) is 0 Å². The zero-order chi connectivity index (χ0) is 24.5. The first-order valence-corrected chi connectivity index (χ1v) is 10.8. The first-order chi connectivity index (χ1) is 15.2. The second-order valence-corrected chi connectivity index (χ2v) is 9.81. The highest BCUT2D eigenvalue weighted by Crippen LogP contribution is 2.46. The van der Waals surface area contributed by atoms with Crippen LogP contribution in [0.15, 0.2) is 47.1 Å². The molecule has 174 valence electrons. The Bertz CT molecular complexity index is 1360. The number of ether oxygens (including phenoxy) is 1. The summed E-state index contributed by atoms with van der Waals surface area (Å²) in [5.41, 5.74) is -7.90. The van der Waals surface area contributed by atoms with E-state index in [1.165, 1.54) is 32.0 Å². The van der Waals surface area contributed by atoms with Gasteiger partial charge in [-0.15, -0.1) is 0 Å². The number of nitro benzene ring substituents is 1. The zero-order valence-corrected chi connectivity index (χ0v) is 17.8. The number of aliphatic hydroxyl groups is 1. The normalized spacial score (nSPS) is 17.5. The number of amides is 1. The second kappa shape index (κ2) is 6.94. The van der Waals surface area contributed by atoms with Crippen molar-refractivity contribution in [3.63, 3.8) is 0 Å². The van der Waals surface area contributed by atoms with Gasteiger partial charge in [0, 0.05) is 11.6 Å². The first kappa shape index (κ1) is 22.6. The van der Waals surface area contributed by atoms with Crippen molar-refractivity contribution in [1.82, 2.24) is 4.90 Å². The molecule has 2 aliphatic heterocycles. The molecule has 2 aromatic carbocycles. The number of rotatable bonds is 3. The molecule has 0 radical (unpaired) electrons. The van der Waals surface area contributed by atoms with Crippen molar-refractivity contribution in [1.29, 1.82) is 0 Å². The largest absolute Gasteiger partial charge is 0.506 e. The van der Waals surface area contributed by atoms with Crippen molar-refractivity contribution < 1.29 is 41.2 Å². The minimum absolute atomic E-state index is 0.0191.